The fourth-order valence-corrected chi connectivity index (χ4v) is 2.46. The van der Waals surface area contributed by atoms with Crippen LogP contribution in [0.15, 0.2) is 48.5 Å². The third-order valence-electron chi connectivity index (χ3n) is 4.20. The van der Waals surface area contributed by atoms with Gasteiger partial charge < -0.3 is 14.9 Å². The van der Waals surface area contributed by atoms with E-state index < -0.39 is 0 Å². The van der Waals surface area contributed by atoms with Crippen molar-refractivity contribution in [1.82, 2.24) is 0 Å². The Morgan fingerprint density at radius 3 is 2.40 bits per heavy atom. The Kier molecular flexibility index (Phi) is 6.63. The zero-order valence-corrected chi connectivity index (χ0v) is 14.6. The number of carbonyl (C=O) groups is 1. The van der Waals surface area contributed by atoms with Crippen molar-refractivity contribution in [2.24, 2.45) is 5.92 Å². The smallest absolute Gasteiger partial charge is 0.193 e. The molecule has 0 heterocycles. The molecule has 4 heteroatoms. The van der Waals surface area contributed by atoms with Crippen molar-refractivity contribution >= 4 is 11.9 Å². The lowest BCUT2D eigenvalue weighted by molar-refractivity contribution is 0.104. The third kappa shape index (κ3) is 5.11. The highest BCUT2D eigenvalue weighted by atomic mass is 16.5. The topological polar surface area (TPSA) is 66.8 Å². The molecule has 0 amide bonds. The number of phenolic OH excluding ortho intramolecular Hbond substituents is 2. The van der Waals surface area contributed by atoms with Crippen molar-refractivity contribution in [3.8, 4) is 17.2 Å². The van der Waals surface area contributed by atoms with E-state index in [1.807, 2.05) is 0 Å². The summed E-state index contributed by atoms with van der Waals surface area (Å²) < 4.78 is 5.80. The molecule has 0 fully saturated rings. The summed E-state index contributed by atoms with van der Waals surface area (Å²) in [4.78, 5) is 12.5. The van der Waals surface area contributed by atoms with Gasteiger partial charge in [0, 0.05) is 0 Å². The first-order valence-corrected chi connectivity index (χ1v) is 8.51. The van der Waals surface area contributed by atoms with Crippen molar-refractivity contribution in [2.45, 2.75) is 26.7 Å². The average Bonchev–Trinajstić information content (AvgIpc) is 2.62. The number of carbonyl (C=O) groups excluding carboxylic acids is 1. The van der Waals surface area contributed by atoms with Gasteiger partial charge in [0.2, 0.25) is 0 Å². The zero-order chi connectivity index (χ0) is 18.2. The second-order valence-corrected chi connectivity index (χ2v) is 5.93. The average molecular weight is 340 g/mol. The number of hydrogen-bond donors (Lipinski definition) is 2. The van der Waals surface area contributed by atoms with Gasteiger partial charge >= 0.3 is 0 Å². The van der Waals surface area contributed by atoms with Crippen LogP contribution < -0.4 is 4.74 Å². The van der Waals surface area contributed by atoms with Gasteiger partial charge in [0.25, 0.3) is 0 Å². The first-order chi connectivity index (χ1) is 12.0. The Morgan fingerprint density at radius 1 is 1.08 bits per heavy atom. The zero-order valence-electron chi connectivity index (χ0n) is 14.6. The van der Waals surface area contributed by atoms with Gasteiger partial charge in [0.05, 0.1) is 6.61 Å². The minimum atomic E-state index is -0.328. The maximum Gasteiger partial charge on any atom is 0.193 e. The first kappa shape index (κ1) is 18.6. The summed E-state index contributed by atoms with van der Waals surface area (Å²) in [5.41, 5.74) is 0.949. The molecule has 0 aliphatic heterocycles. The standard InChI is InChI=1S/C21H24O4/c1-3-15(4-2)14-25-20-7-5-6-18(23)21(20)19(24)13-10-16-8-11-17(22)12-9-16/h5-13,15,22-23H,3-4,14H2,1-2H3/b13-10+. The summed E-state index contributed by atoms with van der Waals surface area (Å²) in [6.45, 7) is 4.72. The Labute approximate surface area is 148 Å². The lowest BCUT2D eigenvalue weighted by Gasteiger charge is -2.16. The van der Waals surface area contributed by atoms with Gasteiger partial charge in [-0.25, -0.2) is 0 Å². The third-order valence-corrected chi connectivity index (χ3v) is 4.20. The Morgan fingerprint density at radius 2 is 1.76 bits per heavy atom. The van der Waals surface area contributed by atoms with E-state index >= 15 is 0 Å². The van der Waals surface area contributed by atoms with Gasteiger partial charge in [-0.15, -0.1) is 0 Å². The fourth-order valence-electron chi connectivity index (χ4n) is 2.46. The molecule has 0 atom stereocenters. The molecule has 132 valence electrons. The molecule has 4 nitrogen and oxygen atoms in total. The monoisotopic (exact) mass is 340 g/mol. The van der Waals surface area contributed by atoms with Crippen LogP contribution in [0.1, 0.15) is 42.6 Å². The van der Waals surface area contributed by atoms with Crippen molar-refractivity contribution in [3.05, 3.63) is 59.7 Å². The van der Waals surface area contributed by atoms with Gasteiger partial charge in [0.15, 0.2) is 5.78 Å². The minimum absolute atomic E-state index is 0.0950. The van der Waals surface area contributed by atoms with Crippen LogP contribution in [0.5, 0.6) is 17.2 Å². The molecule has 0 unspecified atom stereocenters. The molecule has 0 spiro atoms. The maximum absolute atomic E-state index is 12.5. The maximum atomic E-state index is 12.5. The molecule has 0 aliphatic rings. The van der Waals surface area contributed by atoms with E-state index in [9.17, 15) is 15.0 Å². The van der Waals surface area contributed by atoms with Crippen LogP contribution in [-0.2, 0) is 0 Å². The molecule has 0 aromatic heterocycles. The summed E-state index contributed by atoms with van der Waals surface area (Å²) >= 11 is 0. The highest BCUT2D eigenvalue weighted by Gasteiger charge is 2.16. The van der Waals surface area contributed by atoms with Gasteiger partial charge in [-0.1, -0.05) is 51.0 Å². The second kappa shape index (κ2) is 8.92. The first-order valence-electron chi connectivity index (χ1n) is 8.51. The van der Waals surface area contributed by atoms with Gasteiger partial charge in [0.1, 0.15) is 22.8 Å². The van der Waals surface area contributed by atoms with Crippen molar-refractivity contribution in [3.63, 3.8) is 0 Å². The van der Waals surface area contributed by atoms with Crippen LogP contribution in [0, 0.1) is 5.92 Å². The molecule has 2 aromatic rings. The SMILES string of the molecule is CCC(CC)COc1cccc(O)c1C(=O)/C=C/c1ccc(O)cc1. The molecule has 0 bridgehead atoms. The summed E-state index contributed by atoms with van der Waals surface area (Å²) in [5, 5.41) is 19.4. The number of rotatable bonds is 8. The summed E-state index contributed by atoms with van der Waals surface area (Å²) in [5.74, 6) is 0.555. The number of allylic oxidation sites excluding steroid dienone is 1. The summed E-state index contributed by atoms with van der Waals surface area (Å²) in [6, 6.07) is 11.3. The molecule has 0 radical (unpaired) electrons. The second-order valence-electron chi connectivity index (χ2n) is 5.93. The highest BCUT2D eigenvalue weighted by molar-refractivity contribution is 6.10. The molecule has 0 saturated heterocycles. The van der Waals surface area contributed by atoms with Crippen LogP contribution in [-0.4, -0.2) is 22.6 Å². The Balaban J connectivity index is 2.19. The molecular formula is C21H24O4. The summed E-state index contributed by atoms with van der Waals surface area (Å²) in [7, 11) is 0. The Hall–Kier alpha value is -2.75. The predicted octanol–water partition coefficient (Wildman–Crippen LogP) is 4.81. The van der Waals surface area contributed by atoms with E-state index in [1.54, 1.807) is 42.5 Å². The largest absolute Gasteiger partial charge is 0.508 e. The number of ether oxygens (including phenoxy) is 1. The van der Waals surface area contributed by atoms with Crippen LogP contribution >= 0.6 is 0 Å². The predicted molar refractivity (Wildman–Crippen MR) is 99.1 cm³/mol. The van der Waals surface area contributed by atoms with Crippen LogP contribution in [0.4, 0.5) is 0 Å². The van der Waals surface area contributed by atoms with Crippen molar-refractivity contribution in [2.75, 3.05) is 6.61 Å². The van der Waals surface area contributed by atoms with E-state index in [0.29, 0.717) is 18.3 Å². The van der Waals surface area contributed by atoms with E-state index in [1.165, 1.54) is 12.1 Å². The van der Waals surface area contributed by atoms with E-state index in [-0.39, 0.29) is 22.8 Å². The molecule has 0 aliphatic carbocycles. The van der Waals surface area contributed by atoms with Crippen LogP contribution in [0.2, 0.25) is 0 Å². The number of aromatic hydroxyl groups is 2. The van der Waals surface area contributed by atoms with Crippen LogP contribution in [0.25, 0.3) is 6.08 Å². The Bertz CT molecular complexity index is 728. The van der Waals surface area contributed by atoms with Crippen molar-refractivity contribution in [1.29, 1.82) is 0 Å². The summed E-state index contributed by atoms with van der Waals surface area (Å²) in [6.07, 6.45) is 5.03. The molecule has 25 heavy (non-hydrogen) atoms. The van der Waals surface area contributed by atoms with Gasteiger partial charge in [-0.3, -0.25) is 4.79 Å². The van der Waals surface area contributed by atoms with E-state index in [2.05, 4.69) is 13.8 Å². The minimum Gasteiger partial charge on any atom is -0.508 e. The van der Waals surface area contributed by atoms with Crippen molar-refractivity contribution < 1.29 is 19.7 Å². The van der Waals surface area contributed by atoms with Crippen LogP contribution in [0.3, 0.4) is 0 Å². The lowest BCUT2D eigenvalue weighted by Crippen LogP contribution is -2.12. The normalized spacial score (nSPS) is 11.2. The molecular weight excluding hydrogens is 316 g/mol. The molecule has 2 N–H and O–H groups in total. The van der Waals surface area contributed by atoms with E-state index in [0.717, 1.165) is 18.4 Å². The number of hydrogen-bond acceptors (Lipinski definition) is 4. The van der Waals surface area contributed by atoms with E-state index in [4.69, 9.17) is 4.74 Å². The fraction of sp³-hybridized carbons (Fsp3) is 0.286. The number of phenols is 2. The highest BCUT2D eigenvalue weighted by Crippen LogP contribution is 2.29. The number of benzene rings is 2. The van der Waals surface area contributed by atoms with Gasteiger partial charge in [-0.05, 0) is 41.8 Å². The molecule has 0 saturated carbocycles. The molecule has 2 aromatic carbocycles. The number of ketones is 1. The quantitative estimate of drug-likeness (QED) is 0.534. The lowest BCUT2D eigenvalue weighted by atomic mass is 10.0. The van der Waals surface area contributed by atoms with Gasteiger partial charge in [-0.2, -0.15) is 0 Å². The molecule has 2 rings (SSSR count).